The second kappa shape index (κ2) is 4.13. The Balaban J connectivity index is 0. The summed E-state index contributed by atoms with van der Waals surface area (Å²) in [5, 5.41) is 9.01. The number of likely N-dealkylation sites (N-methyl/N-ethyl adjacent to an activating group) is 1. The number of alkyl halides is 1. The molecule has 0 saturated carbocycles. The average Bonchev–Trinajstić information content (AvgIpc) is 1.62. The Morgan fingerprint density at radius 2 is 1.60 bits per heavy atom. The molecular weight excluding hydrogens is 152 g/mol. The van der Waals surface area contributed by atoms with Crippen LogP contribution in [0.2, 0.25) is 0 Å². The maximum absolute atomic E-state index is 9.01. The van der Waals surface area contributed by atoms with Crippen LogP contribution < -0.4 is 6.15 Å². The van der Waals surface area contributed by atoms with Crippen LogP contribution in [0.5, 0.6) is 0 Å². The Labute approximate surface area is 67.8 Å². The van der Waals surface area contributed by atoms with Crippen molar-refractivity contribution >= 4 is 11.6 Å². The van der Waals surface area contributed by atoms with Gasteiger partial charge in [-0.3, -0.25) is 0 Å². The van der Waals surface area contributed by atoms with Gasteiger partial charge in [0, 0.05) is 0 Å². The van der Waals surface area contributed by atoms with E-state index < -0.39 is 6.10 Å². The van der Waals surface area contributed by atoms with Crippen molar-refractivity contribution in [3.05, 3.63) is 0 Å². The molecule has 0 aliphatic heterocycles. The Morgan fingerprint density at radius 1 is 1.30 bits per heavy atom. The number of halogens is 1. The van der Waals surface area contributed by atoms with Crippen molar-refractivity contribution in [3.63, 3.8) is 0 Å². The van der Waals surface area contributed by atoms with Crippen LogP contribution in [0.4, 0.5) is 0 Å². The summed E-state index contributed by atoms with van der Waals surface area (Å²) in [5.41, 5.74) is -0.218. The highest BCUT2D eigenvalue weighted by molar-refractivity contribution is 6.19. The highest BCUT2D eigenvalue weighted by Crippen LogP contribution is 2.11. The van der Waals surface area contributed by atoms with Gasteiger partial charge in [-0.1, -0.05) is 11.6 Å². The first-order chi connectivity index (χ1) is 3.85. The van der Waals surface area contributed by atoms with Crippen LogP contribution in [-0.4, -0.2) is 42.3 Å². The summed E-state index contributed by atoms with van der Waals surface area (Å²) in [5.74, 6) is 0. The zero-order valence-corrected chi connectivity index (χ0v) is 7.89. The van der Waals surface area contributed by atoms with Crippen LogP contribution in [0.15, 0.2) is 0 Å². The van der Waals surface area contributed by atoms with Crippen molar-refractivity contribution in [2.45, 2.75) is 18.5 Å². The van der Waals surface area contributed by atoms with Crippen LogP contribution in [0, 0.1) is 0 Å². The number of hydrogen-bond donors (Lipinski definition) is 2. The molecule has 0 fully saturated rings. The molecule has 0 amide bonds. The van der Waals surface area contributed by atoms with Crippen LogP contribution >= 0.6 is 11.6 Å². The quantitative estimate of drug-likeness (QED) is 0.365. The number of hydrogen-bond acceptors (Lipinski definition) is 2. The summed E-state index contributed by atoms with van der Waals surface area (Å²) < 4.78 is 0.583. The van der Waals surface area contributed by atoms with Gasteiger partial charge in [-0.2, -0.15) is 0 Å². The van der Waals surface area contributed by atoms with Crippen LogP contribution in [0.3, 0.4) is 0 Å². The lowest BCUT2D eigenvalue weighted by atomic mass is 10.3. The van der Waals surface area contributed by atoms with Crippen molar-refractivity contribution in [2.24, 2.45) is 0 Å². The average molecular weight is 170 g/mol. The third-order valence-electron chi connectivity index (χ3n) is 1.14. The number of nitrogens with zero attached hydrogens (tertiary/aromatic N) is 1. The van der Waals surface area contributed by atoms with Crippen molar-refractivity contribution in [1.29, 1.82) is 0 Å². The first kappa shape index (κ1) is 12.8. The number of rotatable bonds is 2. The van der Waals surface area contributed by atoms with Gasteiger partial charge in [-0.15, -0.1) is 0 Å². The Bertz CT molecular complexity index is 90.2. The monoisotopic (exact) mass is 169 g/mol. The Morgan fingerprint density at radius 3 is 1.60 bits per heavy atom. The summed E-state index contributed by atoms with van der Waals surface area (Å²) in [6.07, 6.45) is -0.452. The molecule has 64 valence electrons. The van der Waals surface area contributed by atoms with Crippen molar-refractivity contribution in [1.82, 2.24) is 6.15 Å². The molecule has 0 bridgehead atoms. The Kier molecular flexibility index (Phi) is 5.29. The maximum Gasteiger partial charge on any atom is 0.190 e. The lowest BCUT2D eigenvalue weighted by Gasteiger charge is -2.31. The molecule has 0 radical (unpaired) electrons. The highest BCUT2D eigenvalue weighted by Gasteiger charge is 2.25. The molecule has 2 atom stereocenters. The minimum Gasteiger partial charge on any atom is -0.386 e. The molecule has 4 heteroatoms. The smallest absolute Gasteiger partial charge is 0.190 e. The van der Waals surface area contributed by atoms with Crippen molar-refractivity contribution < 1.29 is 9.59 Å². The normalized spacial score (nSPS) is 17.4. The summed E-state index contributed by atoms with van der Waals surface area (Å²) in [6, 6.07) is 0. The molecule has 2 unspecified atom stereocenters. The zero-order valence-electron chi connectivity index (χ0n) is 7.13. The van der Waals surface area contributed by atoms with Gasteiger partial charge in [0.1, 0.15) is 6.10 Å². The van der Waals surface area contributed by atoms with Crippen LogP contribution in [-0.2, 0) is 0 Å². The molecule has 10 heavy (non-hydrogen) atoms. The fraction of sp³-hybridized carbons (Fsp3) is 1.00. The van der Waals surface area contributed by atoms with Gasteiger partial charge in [0.2, 0.25) is 0 Å². The summed E-state index contributed by atoms with van der Waals surface area (Å²) in [7, 11) is 5.85. The first-order valence-electron chi connectivity index (χ1n) is 2.99. The van der Waals surface area contributed by atoms with E-state index in [1.54, 1.807) is 6.92 Å². The molecule has 0 aromatic carbocycles. The molecule has 0 heterocycles. The minimum absolute atomic E-state index is 0. The largest absolute Gasteiger partial charge is 0.386 e. The van der Waals surface area contributed by atoms with E-state index in [4.69, 9.17) is 16.7 Å². The summed E-state index contributed by atoms with van der Waals surface area (Å²) in [6.45, 7) is 1.70. The summed E-state index contributed by atoms with van der Waals surface area (Å²) >= 11 is 5.81. The van der Waals surface area contributed by atoms with Gasteiger partial charge < -0.3 is 15.7 Å². The van der Waals surface area contributed by atoms with E-state index in [9.17, 15) is 0 Å². The van der Waals surface area contributed by atoms with Gasteiger partial charge in [0.25, 0.3) is 0 Å². The van der Waals surface area contributed by atoms with E-state index in [1.165, 1.54) is 0 Å². The van der Waals surface area contributed by atoms with Crippen LogP contribution in [0.1, 0.15) is 6.92 Å². The molecule has 3 nitrogen and oxygen atoms in total. The highest BCUT2D eigenvalue weighted by atomic mass is 35.5. The molecule has 0 spiro atoms. The number of quaternary nitrogens is 1. The molecule has 0 rings (SSSR count). The molecular formula is C6H18ClN2O+. The molecule has 0 aliphatic rings. The van der Waals surface area contributed by atoms with Crippen molar-refractivity contribution in [2.75, 3.05) is 21.1 Å². The number of aliphatic hydroxyl groups excluding tert-OH is 1. The predicted molar refractivity (Wildman–Crippen MR) is 44.4 cm³/mol. The second-order valence-corrected chi connectivity index (χ2v) is 3.68. The molecule has 0 aromatic heterocycles. The van der Waals surface area contributed by atoms with Gasteiger partial charge in [-0.05, 0) is 6.92 Å². The lowest BCUT2D eigenvalue weighted by molar-refractivity contribution is -0.885. The third kappa shape index (κ3) is 4.06. The lowest BCUT2D eigenvalue weighted by Crippen LogP contribution is -2.47. The van der Waals surface area contributed by atoms with E-state index in [2.05, 4.69) is 0 Å². The van der Waals surface area contributed by atoms with Gasteiger partial charge >= 0.3 is 0 Å². The molecule has 0 aliphatic carbocycles. The molecule has 0 aromatic rings. The van der Waals surface area contributed by atoms with E-state index >= 15 is 0 Å². The fourth-order valence-corrected chi connectivity index (χ4v) is 0.647. The van der Waals surface area contributed by atoms with Gasteiger partial charge in [0.05, 0.1) is 21.1 Å². The van der Waals surface area contributed by atoms with E-state index in [-0.39, 0.29) is 11.7 Å². The maximum atomic E-state index is 9.01. The molecule has 4 N–H and O–H groups in total. The van der Waals surface area contributed by atoms with Gasteiger partial charge in [0.15, 0.2) is 5.50 Å². The van der Waals surface area contributed by atoms with Crippen molar-refractivity contribution in [3.8, 4) is 0 Å². The van der Waals surface area contributed by atoms with E-state index in [0.29, 0.717) is 4.48 Å². The standard InChI is InChI=1S/C6H15ClNO.H3N/c1-5(9)6(7)8(2,3)4;/h5-6,9H,1-4H3;1H3/q+1;. The molecule has 0 saturated heterocycles. The summed E-state index contributed by atoms with van der Waals surface area (Å²) in [4.78, 5) is 0. The SMILES string of the molecule is CC(O)C(Cl)[N+](C)(C)C.N. The topological polar surface area (TPSA) is 55.2 Å². The van der Waals surface area contributed by atoms with Crippen LogP contribution in [0.25, 0.3) is 0 Å². The predicted octanol–water partition coefficient (Wildman–Crippen LogP) is 0.800. The fourth-order valence-electron chi connectivity index (χ4n) is 0.647. The van der Waals surface area contributed by atoms with Gasteiger partial charge in [-0.25, -0.2) is 0 Å². The minimum atomic E-state index is -0.452. The Hall–Kier alpha value is 0.170. The van der Waals surface area contributed by atoms with E-state index in [0.717, 1.165) is 0 Å². The zero-order chi connectivity index (χ0) is 7.65. The second-order valence-electron chi connectivity index (χ2n) is 3.23. The first-order valence-corrected chi connectivity index (χ1v) is 3.42. The van der Waals surface area contributed by atoms with E-state index in [1.807, 2.05) is 21.1 Å². The number of aliphatic hydroxyl groups is 1. The third-order valence-corrected chi connectivity index (χ3v) is 2.09.